The quantitative estimate of drug-likeness (QED) is 0.791. The standard InChI is InChI=1S/C13H20OS.C2H6/c1-10-7-6-8-11(9-10)15-13(4,5)12(2,3)14;1-2/h6-9,14H,1-5H3;1-2H3. The Bertz CT molecular complexity index is 337. The Morgan fingerprint density at radius 2 is 1.59 bits per heavy atom. The van der Waals surface area contributed by atoms with Crippen molar-refractivity contribution >= 4 is 11.8 Å². The summed E-state index contributed by atoms with van der Waals surface area (Å²) >= 11 is 1.72. The van der Waals surface area contributed by atoms with Gasteiger partial charge in [0.25, 0.3) is 0 Å². The molecule has 1 rings (SSSR count). The molecule has 1 N–H and O–H groups in total. The van der Waals surface area contributed by atoms with Crippen LogP contribution in [0.25, 0.3) is 0 Å². The van der Waals surface area contributed by atoms with Gasteiger partial charge in [-0.1, -0.05) is 31.5 Å². The molecule has 0 radical (unpaired) electrons. The Balaban J connectivity index is 0.00000121. The average Bonchev–Trinajstić information content (AvgIpc) is 2.18. The number of hydrogen-bond donors (Lipinski definition) is 1. The van der Waals surface area contributed by atoms with Gasteiger partial charge in [-0.3, -0.25) is 0 Å². The summed E-state index contributed by atoms with van der Waals surface area (Å²) in [7, 11) is 0. The Morgan fingerprint density at radius 1 is 1.06 bits per heavy atom. The molecule has 0 unspecified atom stereocenters. The zero-order valence-corrected chi connectivity index (χ0v) is 13.0. The number of hydrogen-bond acceptors (Lipinski definition) is 2. The van der Waals surface area contributed by atoms with Crippen LogP contribution in [0.4, 0.5) is 0 Å². The molecule has 0 bridgehead atoms. The first-order valence-electron chi connectivity index (χ1n) is 6.20. The molecule has 98 valence electrons. The highest BCUT2D eigenvalue weighted by Crippen LogP contribution is 2.40. The zero-order valence-electron chi connectivity index (χ0n) is 12.2. The molecule has 0 saturated heterocycles. The van der Waals surface area contributed by atoms with Crippen molar-refractivity contribution in [3.63, 3.8) is 0 Å². The van der Waals surface area contributed by atoms with Gasteiger partial charge in [-0.25, -0.2) is 0 Å². The second-order valence-electron chi connectivity index (χ2n) is 4.99. The van der Waals surface area contributed by atoms with Crippen molar-refractivity contribution < 1.29 is 5.11 Å². The highest BCUT2D eigenvalue weighted by molar-refractivity contribution is 8.00. The largest absolute Gasteiger partial charge is 0.389 e. The maximum atomic E-state index is 10.1. The van der Waals surface area contributed by atoms with Crippen molar-refractivity contribution in [1.82, 2.24) is 0 Å². The average molecular weight is 254 g/mol. The smallest absolute Gasteiger partial charge is 0.0735 e. The summed E-state index contributed by atoms with van der Waals surface area (Å²) in [6, 6.07) is 8.38. The van der Waals surface area contributed by atoms with Crippen molar-refractivity contribution in [2.24, 2.45) is 0 Å². The molecule has 0 aliphatic heterocycles. The van der Waals surface area contributed by atoms with Crippen molar-refractivity contribution in [2.75, 3.05) is 0 Å². The topological polar surface area (TPSA) is 20.2 Å². The number of thioether (sulfide) groups is 1. The highest BCUT2D eigenvalue weighted by Gasteiger charge is 2.35. The van der Waals surface area contributed by atoms with Crippen LogP contribution in [0.3, 0.4) is 0 Å². The summed E-state index contributed by atoms with van der Waals surface area (Å²) in [6.07, 6.45) is 0. The normalized spacial score (nSPS) is 11.8. The van der Waals surface area contributed by atoms with E-state index >= 15 is 0 Å². The number of aliphatic hydroxyl groups is 1. The zero-order chi connectivity index (χ0) is 13.7. The minimum Gasteiger partial charge on any atom is -0.389 e. The first-order chi connectivity index (χ1) is 7.72. The molecule has 0 aliphatic carbocycles. The Hall–Kier alpha value is -0.470. The summed E-state index contributed by atoms with van der Waals surface area (Å²) in [6.45, 7) is 13.9. The lowest BCUT2D eigenvalue weighted by atomic mass is 9.94. The summed E-state index contributed by atoms with van der Waals surface area (Å²) in [5.74, 6) is 0. The molecular weight excluding hydrogens is 228 g/mol. The van der Waals surface area contributed by atoms with Crippen molar-refractivity contribution in [3.05, 3.63) is 29.8 Å². The summed E-state index contributed by atoms with van der Waals surface area (Å²) < 4.78 is -0.194. The van der Waals surface area contributed by atoms with Crippen LogP contribution in [0.2, 0.25) is 0 Å². The fourth-order valence-electron chi connectivity index (χ4n) is 1.10. The van der Waals surface area contributed by atoms with Crippen LogP contribution in [0.5, 0.6) is 0 Å². The Morgan fingerprint density at radius 3 is 2.00 bits per heavy atom. The third-order valence-corrected chi connectivity index (χ3v) is 4.34. The van der Waals surface area contributed by atoms with Crippen LogP contribution >= 0.6 is 11.8 Å². The minimum atomic E-state index is -0.693. The van der Waals surface area contributed by atoms with E-state index in [9.17, 15) is 5.11 Å². The van der Waals surface area contributed by atoms with Gasteiger partial charge < -0.3 is 5.11 Å². The van der Waals surface area contributed by atoms with Gasteiger partial charge in [0.1, 0.15) is 0 Å². The molecular formula is C15H26OS. The van der Waals surface area contributed by atoms with E-state index in [1.807, 2.05) is 27.7 Å². The Kier molecular flexibility index (Phi) is 6.28. The van der Waals surface area contributed by atoms with Crippen LogP contribution in [0.15, 0.2) is 29.2 Å². The van der Waals surface area contributed by atoms with Gasteiger partial charge in [0.15, 0.2) is 0 Å². The molecule has 0 aliphatic rings. The van der Waals surface area contributed by atoms with Gasteiger partial charge in [-0.05, 0) is 46.8 Å². The fourth-order valence-corrected chi connectivity index (χ4v) is 2.33. The first kappa shape index (κ1) is 16.5. The van der Waals surface area contributed by atoms with Gasteiger partial charge in [-0.2, -0.15) is 0 Å². The molecule has 0 aromatic heterocycles. The van der Waals surface area contributed by atoms with E-state index < -0.39 is 5.60 Å². The van der Waals surface area contributed by atoms with Gasteiger partial charge in [0.05, 0.1) is 5.60 Å². The molecule has 0 atom stereocenters. The predicted octanol–water partition coefficient (Wildman–Crippen LogP) is 4.66. The summed E-state index contributed by atoms with van der Waals surface area (Å²) in [4.78, 5) is 1.21. The molecule has 17 heavy (non-hydrogen) atoms. The lowest BCUT2D eigenvalue weighted by Gasteiger charge is -2.36. The molecule has 1 aromatic carbocycles. The van der Waals surface area contributed by atoms with Gasteiger partial charge >= 0.3 is 0 Å². The van der Waals surface area contributed by atoms with Crippen molar-refractivity contribution in [1.29, 1.82) is 0 Å². The van der Waals surface area contributed by atoms with Crippen molar-refractivity contribution in [2.45, 2.75) is 63.7 Å². The molecule has 0 heterocycles. The minimum absolute atomic E-state index is 0.194. The van der Waals surface area contributed by atoms with E-state index in [2.05, 4.69) is 45.0 Å². The molecule has 2 heteroatoms. The van der Waals surface area contributed by atoms with Crippen LogP contribution in [0, 0.1) is 6.92 Å². The third kappa shape index (κ3) is 5.13. The lowest BCUT2D eigenvalue weighted by molar-refractivity contribution is 0.0492. The highest BCUT2D eigenvalue weighted by atomic mass is 32.2. The van der Waals surface area contributed by atoms with E-state index in [4.69, 9.17) is 0 Å². The fraction of sp³-hybridized carbons (Fsp3) is 0.600. The van der Waals surface area contributed by atoms with Crippen LogP contribution in [-0.4, -0.2) is 15.5 Å². The molecule has 0 fully saturated rings. The van der Waals surface area contributed by atoms with Crippen LogP contribution in [-0.2, 0) is 0 Å². The maximum Gasteiger partial charge on any atom is 0.0735 e. The molecule has 0 amide bonds. The molecule has 1 aromatic rings. The van der Waals surface area contributed by atoms with Crippen molar-refractivity contribution in [3.8, 4) is 0 Å². The maximum absolute atomic E-state index is 10.1. The van der Waals surface area contributed by atoms with E-state index in [1.54, 1.807) is 11.8 Å². The van der Waals surface area contributed by atoms with E-state index in [0.717, 1.165) is 0 Å². The lowest BCUT2D eigenvalue weighted by Crippen LogP contribution is -2.42. The Labute approximate surface area is 111 Å². The van der Waals surface area contributed by atoms with Gasteiger partial charge in [-0.15, -0.1) is 11.8 Å². The predicted molar refractivity (Wildman–Crippen MR) is 78.8 cm³/mol. The third-order valence-electron chi connectivity index (χ3n) is 2.84. The molecule has 0 saturated carbocycles. The molecule has 1 nitrogen and oxygen atoms in total. The van der Waals surface area contributed by atoms with Gasteiger partial charge in [0.2, 0.25) is 0 Å². The van der Waals surface area contributed by atoms with E-state index in [0.29, 0.717) is 0 Å². The second kappa shape index (κ2) is 6.46. The number of benzene rings is 1. The first-order valence-corrected chi connectivity index (χ1v) is 7.02. The molecule has 0 spiro atoms. The van der Waals surface area contributed by atoms with Gasteiger partial charge in [0, 0.05) is 9.64 Å². The van der Waals surface area contributed by atoms with Crippen LogP contribution in [0.1, 0.15) is 47.1 Å². The summed E-state index contributed by atoms with van der Waals surface area (Å²) in [5.41, 5.74) is 0.563. The van der Waals surface area contributed by atoms with E-state index in [1.165, 1.54) is 10.5 Å². The second-order valence-corrected chi connectivity index (χ2v) is 6.68. The number of aryl methyl sites for hydroxylation is 1. The number of rotatable bonds is 3. The monoisotopic (exact) mass is 254 g/mol. The SMILES string of the molecule is CC.Cc1cccc(SC(C)(C)C(C)(C)O)c1. The summed E-state index contributed by atoms with van der Waals surface area (Å²) in [5, 5.41) is 10.1. The van der Waals surface area contributed by atoms with E-state index in [-0.39, 0.29) is 4.75 Å². The van der Waals surface area contributed by atoms with Crippen LogP contribution < -0.4 is 0 Å².